The molecule has 0 N–H and O–H groups in total. The number of nitrogens with zero attached hydrogens (tertiary/aromatic N) is 1. The van der Waals surface area contributed by atoms with Crippen LogP contribution in [0.2, 0.25) is 0 Å². The fraction of sp³-hybridized carbons (Fsp3) is 0.429. The zero-order valence-electron chi connectivity index (χ0n) is 10.4. The first-order chi connectivity index (χ1) is 8.63. The van der Waals surface area contributed by atoms with Crippen LogP contribution in [0.1, 0.15) is 26.2 Å². The van der Waals surface area contributed by atoms with Crippen LogP contribution >= 0.6 is 22.6 Å². The molecule has 0 radical (unpaired) electrons. The van der Waals surface area contributed by atoms with Crippen molar-refractivity contribution in [1.29, 1.82) is 0 Å². The molecule has 1 aliphatic rings. The van der Waals surface area contributed by atoms with Crippen LogP contribution in [0.3, 0.4) is 0 Å². The van der Waals surface area contributed by atoms with Crippen LogP contribution in [0.15, 0.2) is 24.3 Å². The van der Waals surface area contributed by atoms with E-state index >= 15 is 0 Å². The summed E-state index contributed by atoms with van der Waals surface area (Å²) in [5.74, 6) is -0.396. The highest BCUT2D eigenvalue weighted by Gasteiger charge is 2.33. The van der Waals surface area contributed by atoms with Crippen molar-refractivity contribution in [3.8, 4) is 0 Å². The summed E-state index contributed by atoms with van der Waals surface area (Å²) in [6.07, 6.45) is 2.04. The van der Waals surface area contributed by atoms with Gasteiger partial charge in [-0.25, -0.2) is 0 Å². The molecule has 1 amide bonds. The summed E-state index contributed by atoms with van der Waals surface area (Å²) in [5, 5.41) is 0. The number of anilines is 1. The van der Waals surface area contributed by atoms with Crippen molar-refractivity contribution in [2.75, 3.05) is 11.4 Å². The Morgan fingerprint density at radius 1 is 1.39 bits per heavy atom. The largest absolute Gasteiger partial charge is 0.312 e. The number of amides is 1. The fourth-order valence-corrected chi connectivity index (χ4v) is 2.66. The van der Waals surface area contributed by atoms with Gasteiger partial charge in [0.25, 0.3) is 0 Å². The quantitative estimate of drug-likeness (QED) is 0.616. The van der Waals surface area contributed by atoms with Crippen LogP contribution in [0.5, 0.6) is 0 Å². The third-order valence-corrected chi connectivity index (χ3v) is 4.03. The van der Waals surface area contributed by atoms with Crippen LogP contribution in [0.25, 0.3) is 0 Å². The Kier molecular flexibility index (Phi) is 4.37. The summed E-state index contributed by atoms with van der Waals surface area (Å²) >= 11 is 2.24. The Morgan fingerprint density at radius 3 is 2.67 bits per heavy atom. The molecule has 0 saturated carbocycles. The Morgan fingerprint density at radius 2 is 2.06 bits per heavy atom. The standard InChI is InChI=1S/C14H16INO2/c1-2-13(17)12-4-3-9-16(14(12)18)11-7-5-10(15)6-8-11/h5-8,12H,2-4,9H2,1H3/t12-/m1/s1. The van der Waals surface area contributed by atoms with Crippen LogP contribution in [0, 0.1) is 9.49 Å². The molecule has 1 aromatic rings. The number of ketones is 1. The summed E-state index contributed by atoms with van der Waals surface area (Å²) in [7, 11) is 0. The van der Waals surface area contributed by atoms with Gasteiger partial charge in [0, 0.05) is 22.2 Å². The van der Waals surface area contributed by atoms with Crippen LogP contribution in [-0.2, 0) is 9.59 Å². The van der Waals surface area contributed by atoms with Gasteiger partial charge in [-0.15, -0.1) is 0 Å². The van der Waals surface area contributed by atoms with E-state index in [9.17, 15) is 9.59 Å². The van der Waals surface area contributed by atoms with Gasteiger partial charge < -0.3 is 4.90 Å². The molecule has 0 bridgehead atoms. The highest BCUT2D eigenvalue weighted by molar-refractivity contribution is 14.1. The van der Waals surface area contributed by atoms with Crippen LogP contribution in [-0.4, -0.2) is 18.2 Å². The second-order valence-corrected chi connectivity index (χ2v) is 5.73. The van der Waals surface area contributed by atoms with Crippen molar-refractivity contribution in [2.45, 2.75) is 26.2 Å². The molecule has 1 fully saturated rings. The zero-order valence-corrected chi connectivity index (χ0v) is 12.5. The van der Waals surface area contributed by atoms with Crippen molar-refractivity contribution in [1.82, 2.24) is 0 Å². The van der Waals surface area contributed by atoms with Gasteiger partial charge in [0.15, 0.2) is 0 Å². The molecule has 0 aromatic heterocycles. The number of carbonyl (C=O) groups excluding carboxylic acids is 2. The molecule has 0 aliphatic carbocycles. The number of piperidine rings is 1. The van der Waals surface area contributed by atoms with Gasteiger partial charge in [-0.1, -0.05) is 6.92 Å². The lowest BCUT2D eigenvalue weighted by Gasteiger charge is -2.31. The maximum atomic E-state index is 12.3. The zero-order chi connectivity index (χ0) is 13.1. The van der Waals surface area contributed by atoms with Crippen molar-refractivity contribution < 1.29 is 9.59 Å². The summed E-state index contributed by atoms with van der Waals surface area (Å²) < 4.78 is 1.14. The molecule has 96 valence electrons. The minimum Gasteiger partial charge on any atom is -0.312 e. The van der Waals surface area contributed by atoms with E-state index in [1.165, 1.54) is 0 Å². The van der Waals surface area contributed by atoms with E-state index in [1.54, 1.807) is 4.90 Å². The number of hydrogen-bond acceptors (Lipinski definition) is 2. The van der Waals surface area contributed by atoms with E-state index in [0.29, 0.717) is 19.4 Å². The van der Waals surface area contributed by atoms with Crippen LogP contribution in [0.4, 0.5) is 5.69 Å². The van der Waals surface area contributed by atoms with E-state index in [1.807, 2.05) is 31.2 Å². The highest BCUT2D eigenvalue weighted by atomic mass is 127. The Labute approximate surface area is 121 Å². The number of rotatable bonds is 3. The van der Waals surface area contributed by atoms with Crippen molar-refractivity contribution in [3.05, 3.63) is 27.8 Å². The Bertz CT molecular complexity index is 455. The first-order valence-electron chi connectivity index (χ1n) is 6.23. The SMILES string of the molecule is CCC(=O)[C@H]1CCCN(c2ccc(I)cc2)C1=O. The molecule has 1 saturated heterocycles. The molecule has 0 spiro atoms. The lowest BCUT2D eigenvalue weighted by Crippen LogP contribution is -2.44. The first kappa shape index (κ1) is 13.5. The maximum absolute atomic E-state index is 12.3. The molecule has 2 rings (SSSR count). The van der Waals surface area contributed by atoms with Gasteiger partial charge in [0.05, 0.1) is 5.92 Å². The van der Waals surface area contributed by atoms with E-state index in [0.717, 1.165) is 15.7 Å². The molecule has 1 aromatic carbocycles. The molecular weight excluding hydrogens is 341 g/mol. The molecule has 0 unspecified atom stereocenters. The van der Waals surface area contributed by atoms with Gasteiger partial charge in [0.1, 0.15) is 5.78 Å². The predicted molar refractivity (Wildman–Crippen MR) is 79.5 cm³/mol. The van der Waals surface area contributed by atoms with E-state index < -0.39 is 5.92 Å². The molecule has 4 heteroatoms. The molecule has 1 aliphatic heterocycles. The fourth-order valence-electron chi connectivity index (χ4n) is 2.30. The van der Waals surface area contributed by atoms with E-state index in [-0.39, 0.29) is 11.7 Å². The van der Waals surface area contributed by atoms with Gasteiger partial charge >= 0.3 is 0 Å². The van der Waals surface area contributed by atoms with Crippen molar-refractivity contribution in [3.63, 3.8) is 0 Å². The van der Waals surface area contributed by atoms with Gasteiger partial charge in [-0.05, 0) is 59.7 Å². The van der Waals surface area contributed by atoms with E-state index in [2.05, 4.69) is 22.6 Å². The summed E-state index contributed by atoms with van der Waals surface area (Å²) in [4.78, 5) is 25.8. The average Bonchev–Trinajstić information content (AvgIpc) is 2.39. The van der Waals surface area contributed by atoms with Gasteiger partial charge in [-0.2, -0.15) is 0 Å². The second kappa shape index (κ2) is 5.82. The van der Waals surface area contributed by atoms with Gasteiger partial charge in [-0.3, -0.25) is 9.59 Å². The lowest BCUT2D eigenvalue weighted by atomic mass is 9.91. The van der Waals surface area contributed by atoms with Crippen molar-refractivity contribution in [2.24, 2.45) is 5.92 Å². The number of halogens is 1. The molecule has 3 nitrogen and oxygen atoms in total. The Balaban J connectivity index is 2.21. The summed E-state index contributed by atoms with van der Waals surface area (Å²) in [6.45, 7) is 2.53. The number of hydrogen-bond donors (Lipinski definition) is 0. The van der Waals surface area contributed by atoms with E-state index in [4.69, 9.17) is 0 Å². The molecule has 1 atom stereocenters. The van der Waals surface area contributed by atoms with Gasteiger partial charge in [0.2, 0.25) is 5.91 Å². The van der Waals surface area contributed by atoms with Crippen molar-refractivity contribution >= 4 is 40.0 Å². The molecule has 1 heterocycles. The molecular formula is C14H16INO2. The minimum atomic E-state index is -0.428. The highest BCUT2D eigenvalue weighted by Crippen LogP contribution is 2.26. The third kappa shape index (κ3) is 2.74. The summed E-state index contributed by atoms with van der Waals surface area (Å²) in [6, 6.07) is 7.85. The Hall–Kier alpha value is -0.910. The number of Topliss-reactive ketones (excluding diaryl/α,β-unsaturated/α-hetero) is 1. The third-order valence-electron chi connectivity index (χ3n) is 3.31. The maximum Gasteiger partial charge on any atom is 0.237 e. The summed E-state index contributed by atoms with van der Waals surface area (Å²) in [5.41, 5.74) is 0.897. The monoisotopic (exact) mass is 357 g/mol. The lowest BCUT2D eigenvalue weighted by molar-refractivity contribution is -0.133. The predicted octanol–water partition coefficient (Wildman–Crippen LogP) is 3.01. The minimum absolute atomic E-state index is 0.0330. The number of carbonyl (C=O) groups is 2. The second-order valence-electron chi connectivity index (χ2n) is 4.48. The normalized spacial score (nSPS) is 20.0. The number of benzene rings is 1. The van der Waals surface area contributed by atoms with Crippen LogP contribution < -0.4 is 4.90 Å². The average molecular weight is 357 g/mol. The molecule has 18 heavy (non-hydrogen) atoms. The topological polar surface area (TPSA) is 37.4 Å². The smallest absolute Gasteiger partial charge is 0.237 e. The first-order valence-corrected chi connectivity index (χ1v) is 7.31.